The van der Waals surface area contributed by atoms with Crippen LogP contribution in [-0.4, -0.2) is 12.0 Å². The van der Waals surface area contributed by atoms with Gasteiger partial charge in [-0.15, -0.1) is 0 Å². The fourth-order valence-corrected chi connectivity index (χ4v) is 8.11. The van der Waals surface area contributed by atoms with E-state index in [1.807, 2.05) is 91.0 Å². The Hall–Kier alpha value is -4.19. The normalized spacial score (nSPS) is 11.2. The highest BCUT2D eigenvalue weighted by molar-refractivity contribution is 9.10. The number of ether oxygens (including phenoxy) is 2. The average molecular weight is 614 g/mol. The van der Waals surface area contributed by atoms with Crippen molar-refractivity contribution in [3.63, 3.8) is 0 Å². The van der Waals surface area contributed by atoms with Gasteiger partial charge in [-0.25, -0.2) is 0 Å². The molecule has 0 aromatic heterocycles. The molecule has 0 heterocycles. The summed E-state index contributed by atoms with van der Waals surface area (Å²) >= 11 is 3.53. The van der Waals surface area contributed by atoms with Crippen LogP contribution in [0.25, 0.3) is 11.1 Å². The van der Waals surface area contributed by atoms with Gasteiger partial charge in [0.05, 0.1) is 17.6 Å². The molecule has 5 aromatic rings. The maximum absolute atomic E-state index is 15.6. The predicted molar refractivity (Wildman–Crippen MR) is 163 cm³/mol. The molecule has 0 radical (unpaired) electrons. The molecule has 0 saturated carbocycles. The first-order chi connectivity index (χ1) is 19.4. The Kier molecular flexibility index (Phi) is 8.15. The monoisotopic (exact) mass is 613 g/mol. The predicted octanol–water partition coefficient (Wildman–Crippen LogP) is 7.25. The first-order valence-electron chi connectivity index (χ1n) is 12.5. The SMILES string of the molecule is COc1cc(OCc2ccccc2)cc(P(=O)(c2ccccc2)c2ccccc2)c1-c1c(Br)cccc1[N+](=O)[O-]. The topological polar surface area (TPSA) is 78.7 Å². The summed E-state index contributed by atoms with van der Waals surface area (Å²) in [6, 6.07) is 36.2. The molecule has 0 spiro atoms. The largest absolute Gasteiger partial charge is 0.496 e. The second-order valence-corrected chi connectivity index (χ2v) is 12.6. The molecule has 0 atom stereocenters. The third kappa shape index (κ3) is 5.31. The molecule has 0 saturated heterocycles. The van der Waals surface area contributed by atoms with Gasteiger partial charge in [0.15, 0.2) is 7.14 Å². The molecule has 200 valence electrons. The van der Waals surface area contributed by atoms with Crippen molar-refractivity contribution in [1.82, 2.24) is 0 Å². The quantitative estimate of drug-likeness (QED) is 0.0993. The Morgan fingerprint density at radius 3 is 1.90 bits per heavy atom. The minimum atomic E-state index is -3.62. The molecule has 8 heteroatoms. The van der Waals surface area contributed by atoms with Crippen molar-refractivity contribution < 1.29 is 19.0 Å². The molecule has 0 bridgehead atoms. The van der Waals surface area contributed by atoms with Crippen LogP contribution in [0.5, 0.6) is 11.5 Å². The Morgan fingerprint density at radius 2 is 1.35 bits per heavy atom. The van der Waals surface area contributed by atoms with E-state index < -0.39 is 12.1 Å². The summed E-state index contributed by atoms with van der Waals surface area (Å²) in [4.78, 5) is 11.8. The summed E-state index contributed by atoms with van der Waals surface area (Å²) < 4.78 is 28.1. The van der Waals surface area contributed by atoms with Crippen molar-refractivity contribution in [2.24, 2.45) is 0 Å². The molecule has 0 aliphatic heterocycles. The Balaban J connectivity index is 1.85. The van der Waals surface area contributed by atoms with Crippen LogP contribution in [-0.2, 0) is 11.2 Å². The third-order valence-electron chi connectivity index (χ3n) is 6.54. The lowest BCUT2D eigenvalue weighted by Crippen LogP contribution is -2.27. The van der Waals surface area contributed by atoms with E-state index in [9.17, 15) is 10.1 Å². The number of methoxy groups -OCH3 is 1. The van der Waals surface area contributed by atoms with Crippen molar-refractivity contribution in [2.75, 3.05) is 7.11 Å². The lowest BCUT2D eigenvalue weighted by atomic mass is 10.0. The molecule has 0 aliphatic rings. The molecule has 0 fully saturated rings. The van der Waals surface area contributed by atoms with E-state index in [2.05, 4.69) is 15.9 Å². The van der Waals surface area contributed by atoms with Crippen LogP contribution in [0.4, 0.5) is 5.69 Å². The maximum atomic E-state index is 15.6. The zero-order valence-corrected chi connectivity index (χ0v) is 24.0. The molecular weight excluding hydrogens is 589 g/mol. The fraction of sp³-hybridized carbons (Fsp3) is 0.0625. The summed E-state index contributed by atoms with van der Waals surface area (Å²) in [5.74, 6) is 0.740. The lowest BCUT2D eigenvalue weighted by molar-refractivity contribution is -0.384. The highest BCUT2D eigenvalue weighted by Crippen LogP contribution is 2.51. The standard InChI is InChI=1S/C32H25BrNO5P/c1-38-29-20-24(39-22-23-12-5-2-6-13-23)21-30(32(29)31-27(33)18-11-19-28(31)34(35)36)40(37,25-14-7-3-8-15-25)26-16-9-4-10-17-26/h2-21H,22H2,1H3. The van der Waals surface area contributed by atoms with E-state index in [0.29, 0.717) is 37.4 Å². The van der Waals surface area contributed by atoms with Gasteiger partial charge in [-0.05, 0) is 33.6 Å². The number of benzene rings is 5. The van der Waals surface area contributed by atoms with Gasteiger partial charge in [0.1, 0.15) is 18.1 Å². The van der Waals surface area contributed by atoms with Gasteiger partial charge in [0.2, 0.25) is 0 Å². The van der Waals surface area contributed by atoms with Crippen molar-refractivity contribution in [3.8, 4) is 22.6 Å². The highest BCUT2D eigenvalue weighted by atomic mass is 79.9. The molecule has 5 rings (SSSR count). The van der Waals surface area contributed by atoms with Crippen LogP contribution < -0.4 is 25.4 Å². The highest BCUT2D eigenvalue weighted by Gasteiger charge is 2.37. The zero-order chi connectivity index (χ0) is 28.1. The second kappa shape index (κ2) is 11.9. The van der Waals surface area contributed by atoms with Gasteiger partial charge in [0, 0.05) is 38.1 Å². The molecule has 0 unspecified atom stereocenters. The van der Waals surface area contributed by atoms with Crippen molar-refractivity contribution in [2.45, 2.75) is 6.61 Å². The molecule has 0 N–H and O–H groups in total. The number of nitro benzene ring substituents is 1. The lowest BCUT2D eigenvalue weighted by Gasteiger charge is -2.25. The van der Waals surface area contributed by atoms with E-state index >= 15 is 4.57 Å². The van der Waals surface area contributed by atoms with Crippen LogP contribution in [0.15, 0.2) is 126 Å². The van der Waals surface area contributed by atoms with Crippen molar-refractivity contribution >= 4 is 44.7 Å². The summed E-state index contributed by atoms with van der Waals surface area (Å²) in [5, 5.41) is 13.8. The Morgan fingerprint density at radius 1 is 0.775 bits per heavy atom. The van der Waals surface area contributed by atoms with Gasteiger partial charge in [0.25, 0.3) is 5.69 Å². The van der Waals surface area contributed by atoms with Gasteiger partial charge in [-0.1, -0.05) is 97.1 Å². The second-order valence-electron chi connectivity index (χ2n) is 8.97. The van der Waals surface area contributed by atoms with E-state index in [1.165, 1.54) is 13.2 Å². The number of halogens is 1. The van der Waals surface area contributed by atoms with Gasteiger partial charge in [-0.3, -0.25) is 10.1 Å². The number of hydrogen-bond donors (Lipinski definition) is 0. The fourth-order valence-electron chi connectivity index (χ4n) is 4.68. The van der Waals surface area contributed by atoms with Crippen LogP contribution >= 0.6 is 23.1 Å². The molecule has 40 heavy (non-hydrogen) atoms. The minimum Gasteiger partial charge on any atom is -0.496 e. The van der Waals surface area contributed by atoms with Crippen LogP contribution in [0, 0.1) is 10.1 Å². The average Bonchev–Trinajstić information content (AvgIpc) is 3.00. The first kappa shape index (κ1) is 27.4. The number of nitro groups is 1. The number of hydrogen-bond acceptors (Lipinski definition) is 5. The molecule has 5 aromatic carbocycles. The van der Waals surface area contributed by atoms with Crippen LogP contribution in [0.2, 0.25) is 0 Å². The van der Waals surface area contributed by atoms with Crippen LogP contribution in [0.1, 0.15) is 5.56 Å². The smallest absolute Gasteiger partial charge is 0.278 e. The Bertz CT molecular complexity index is 1650. The van der Waals surface area contributed by atoms with Crippen molar-refractivity contribution in [1.29, 1.82) is 0 Å². The summed E-state index contributed by atoms with van der Waals surface area (Å²) in [5.41, 5.74) is 1.47. The molecule has 0 amide bonds. The molecule has 6 nitrogen and oxygen atoms in total. The van der Waals surface area contributed by atoms with Crippen LogP contribution in [0.3, 0.4) is 0 Å². The third-order valence-corrected chi connectivity index (χ3v) is 10.3. The maximum Gasteiger partial charge on any atom is 0.278 e. The summed E-state index contributed by atoms with van der Waals surface area (Å²) in [6.07, 6.45) is 0. The van der Waals surface area contributed by atoms with E-state index in [4.69, 9.17) is 9.47 Å². The van der Waals surface area contributed by atoms with Gasteiger partial charge < -0.3 is 14.0 Å². The van der Waals surface area contributed by atoms with Crippen molar-refractivity contribution in [3.05, 3.63) is 141 Å². The minimum absolute atomic E-state index is 0.139. The van der Waals surface area contributed by atoms with Gasteiger partial charge >= 0.3 is 0 Å². The first-order valence-corrected chi connectivity index (χ1v) is 15.0. The summed E-state index contributed by atoms with van der Waals surface area (Å²) in [7, 11) is -2.13. The molecule has 0 aliphatic carbocycles. The summed E-state index contributed by atoms with van der Waals surface area (Å²) in [6.45, 7) is 0.277. The molecular formula is C32H25BrNO5P. The van der Waals surface area contributed by atoms with E-state index in [0.717, 1.165) is 5.56 Å². The number of nitrogens with zero attached hydrogens (tertiary/aromatic N) is 1. The number of rotatable bonds is 9. The van der Waals surface area contributed by atoms with Gasteiger partial charge in [-0.2, -0.15) is 0 Å². The van der Waals surface area contributed by atoms with E-state index in [1.54, 1.807) is 24.3 Å². The van der Waals surface area contributed by atoms with E-state index in [-0.39, 0.29) is 17.9 Å². The Labute approximate surface area is 240 Å². The zero-order valence-electron chi connectivity index (χ0n) is 21.6.